The van der Waals surface area contributed by atoms with Gasteiger partial charge in [0.15, 0.2) is 0 Å². The molecule has 0 N–H and O–H groups in total. The zero-order valence-electron chi connectivity index (χ0n) is 11.8. The van der Waals surface area contributed by atoms with Gasteiger partial charge in [0.05, 0.1) is 17.1 Å². The lowest BCUT2D eigenvalue weighted by Gasteiger charge is -2.35. The topological polar surface area (TPSA) is 72.7 Å². The Kier molecular flexibility index (Phi) is 4.04. The van der Waals surface area contributed by atoms with Crippen LogP contribution in [0.2, 0.25) is 0 Å². The largest absolute Gasteiger partial charge is 0.372 e. The SMILES string of the molecule is Cc1c(C(=O)N2C[C@H](C)O[C@@H](C)C2)cccc1[N+](=O)[O-]. The van der Waals surface area contributed by atoms with Crippen LogP contribution in [0.25, 0.3) is 0 Å². The summed E-state index contributed by atoms with van der Waals surface area (Å²) in [5.74, 6) is -0.173. The minimum absolute atomic E-state index is 0.0230. The second kappa shape index (κ2) is 5.58. The lowest BCUT2D eigenvalue weighted by atomic mass is 10.0. The molecule has 1 aromatic rings. The van der Waals surface area contributed by atoms with E-state index in [-0.39, 0.29) is 23.8 Å². The van der Waals surface area contributed by atoms with E-state index in [0.29, 0.717) is 24.2 Å². The van der Waals surface area contributed by atoms with E-state index in [0.717, 1.165) is 0 Å². The van der Waals surface area contributed by atoms with E-state index in [1.165, 1.54) is 6.07 Å². The summed E-state index contributed by atoms with van der Waals surface area (Å²) in [5.41, 5.74) is 0.778. The predicted molar refractivity (Wildman–Crippen MR) is 73.7 cm³/mol. The molecule has 0 aliphatic carbocycles. The van der Waals surface area contributed by atoms with Crippen LogP contribution in [0.5, 0.6) is 0 Å². The van der Waals surface area contributed by atoms with Gasteiger partial charge in [-0.2, -0.15) is 0 Å². The summed E-state index contributed by atoms with van der Waals surface area (Å²) in [6.07, 6.45) is -0.0524. The van der Waals surface area contributed by atoms with Crippen LogP contribution in [0.1, 0.15) is 29.8 Å². The number of benzene rings is 1. The molecule has 0 bridgehead atoms. The van der Waals surface area contributed by atoms with Crippen molar-refractivity contribution in [3.63, 3.8) is 0 Å². The fourth-order valence-electron chi connectivity index (χ4n) is 2.57. The number of carbonyl (C=O) groups is 1. The van der Waals surface area contributed by atoms with Crippen molar-refractivity contribution < 1.29 is 14.5 Å². The maximum atomic E-state index is 12.5. The van der Waals surface area contributed by atoms with Gasteiger partial charge in [-0.1, -0.05) is 6.07 Å². The van der Waals surface area contributed by atoms with E-state index in [1.807, 2.05) is 13.8 Å². The molecule has 108 valence electrons. The molecule has 0 saturated carbocycles. The average molecular weight is 278 g/mol. The fraction of sp³-hybridized carbons (Fsp3) is 0.500. The second-order valence-corrected chi connectivity index (χ2v) is 5.17. The van der Waals surface area contributed by atoms with Crippen LogP contribution in [-0.4, -0.2) is 41.0 Å². The normalized spacial score (nSPS) is 22.6. The van der Waals surface area contributed by atoms with Crippen LogP contribution < -0.4 is 0 Å². The number of hydrogen-bond acceptors (Lipinski definition) is 4. The summed E-state index contributed by atoms with van der Waals surface area (Å²) in [6, 6.07) is 4.60. The molecule has 0 radical (unpaired) electrons. The number of hydrogen-bond donors (Lipinski definition) is 0. The van der Waals surface area contributed by atoms with Crippen molar-refractivity contribution in [3.05, 3.63) is 39.4 Å². The van der Waals surface area contributed by atoms with Crippen molar-refractivity contribution in [1.29, 1.82) is 0 Å². The smallest absolute Gasteiger partial charge is 0.273 e. The van der Waals surface area contributed by atoms with Crippen LogP contribution >= 0.6 is 0 Å². The third-order valence-electron chi connectivity index (χ3n) is 3.44. The van der Waals surface area contributed by atoms with Gasteiger partial charge in [0.1, 0.15) is 0 Å². The number of rotatable bonds is 2. The molecule has 1 fully saturated rings. The van der Waals surface area contributed by atoms with Crippen LogP contribution in [0, 0.1) is 17.0 Å². The number of nitrogens with zero attached hydrogens (tertiary/aromatic N) is 2. The van der Waals surface area contributed by atoms with Gasteiger partial charge in [-0.05, 0) is 26.8 Å². The Morgan fingerprint density at radius 1 is 1.35 bits per heavy atom. The second-order valence-electron chi connectivity index (χ2n) is 5.17. The van der Waals surface area contributed by atoms with E-state index in [1.54, 1.807) is 24.0 Å². The Hall–Kier alpha value is -1.95. The quantitative estimate of drug-likeness (QED) is 0.613. The van der Waals surface area contributed by atoms with Gasteiger partial charge < -0.3 is 9.64 Å². The first-order valence-electron chi connectivity index (χ1n) is 6.59. The first-order chi connectivity index (χ1) is 9.40. The summed E-state index contributed by atoms with van der Waals surface area (Å²) < 4.78 is 5.59. The Bertz CT molecular complexity index is 534. The van der Waals surface area contributed by atoms with Gasteiger partial charge in [0.25, 0.3) is 11.6 Å². The number of amides is 1. The van der Waals surface area contributed by atoms with Crippen LogP contribution in [-0.2, 0) is 4.74 Å². The van der Waals surface area contributed by atoms with Gasteiger partial charge >= 0.3 is 0 Å². The summed E-state index contributed by atoms with van der Waals surface area (Å²) in [7, 11) is 0. The Morgan fingerprint density at radius 3 is 2.50 bits per heavy atom. The molecule has 1 aromatic carbocycles. The molecule has 6 nitrogen and oxygen atoms in total. The minimum atomic E-state index is -0.462. The van der Waals surface area contributed by atoms with E-state index in [2.05, 4.69) is 0 Å². The third kappa shape index (κ3) is 2.80. The number of nitro groups is 1. The fourth-order valence-corrected chi connectivity index (χ4v) is 2.57. The Balaban J connectivity index is 2.29. The van der Waals surface area contributed by atoms with E-state index in [9.17, 15) is 14.9 Å². The van der Waals surface area contributed by atoms with Crippen molar-refractivity contribution in [2.24, 2.45) is 0 Å². The summed E-state index contributed by atoms with van der Waals surface area (Å²) in [5, 5.41) is 10.9. The summed E-state index contributed by atoms with van der Waals surface area (Å²) in [6.45, 7) is 6.45. The molecule has 2 rings (SSSR count). The molecule has 6 heteroatoms. The number of ether oxygens (including phenoxy) is 1. The van der Waals surface area contributed by atoms with Crippen molar-refractivity contribution in [3.8, 4) is 0 Å². The van der Waals surface area contributed by atoms with Gasteiger partial charge in [0, 0.05) is 30.3 Å². The van der Waals surface area contributed by atoms with Gasteiger partial charge in [-0.3, -0.25) is 14.9 Å². The van der Waals surface area contributed by atoms with E-state index in [4.69, 9.17) is 4.74 Å². The molecule has 20 heavy (non-hydrogen) atoms. The van der Waals surface area contributed by atoms with Gasteiger partial charge in [0.2, 0.25) is 0 Å². The highest BCUT2D eigenvalue weighted by molar-refractivity contribution is 5.96. The lowest BCUT2D eigenvalue weighted by Crippen LogP contribution is -2.48. The molecule has 2 atom stereocenters. The standard InChI is InChI=1S/C14H18N2O4/c1-9-7-15(8-10(2)20-9)14(17)12-5-4-6-13(11(12)3)16(18)19/h4-6,9-10H,7-8H2,1-3H3/t9-,10-/m0/s1. The van der Waals surface area contributed by atoms with Crippen molar-refractivity contribution in [2.75, 3.05) is 13.1 Å². The molecular formula is C14H18N2O4. The highest BCUT2D eigenvalue weighted by Crippen LogP contribution is 2.23. The molecule has 1 aliphatic rings. The van der Waals surface area contributed by atoms with Crippen LogP contribution in [0.15, 0.2) is 18.2 Å². The van der Waals surface area contributed by atoms with Crippen molar-refractivity contribution in [2.45, 2.75) is 33.0 Å². The number of carbonyl (C=O) groups excluding carboxylic acids is 1. The Labute approximate surface area is 117 Å². The zero-order valence-corrected chi connectivity index (χ0v) is 11.8. The maximum Gasteiger partial charge on any atom is 0.273 e. The van der Waals surface area contributed by atoms with Crippen LogP contribution in [0.4, 0.5) is 5.69 Å². The van der Waals surface area contributed by atoms with Gasteiger partial charge in [-0.25, -0.2) is 0 Å². The maximum absolute atomic E-state index is 12.5. The van der Waals surface area contributed by atoms with E-state index >= 15 is 0 Å². The molecule has 0 aromatic heterocycles. The highest BCUT2D eigenvalue weighted by Gasteiger charge is 2.28. The molecule has 0 unspecified atom stereocenters. The average Bonchev–Trinajstić information content (AvgIpc) is 2.36. The first-order valence-corrected chi connectivity index (χ1v) is 6.59. The first kappa shape index (κ1) is 14.5. The lowest BCUT2D eigenvalue weighted by molar-refractivity contribution is -0.385. The molecule has 1 amide bonds. The summed E-state index contributed by atoms with van der Waals surface area (Å²) in [4.78, 5) is 24.7. The third-order valence-corrected chi connectivity index (χ3v) is 3.44. The molecule has 1 saturated heterocycles. The van der Waals surface area contributed by atoms with Crippen molar-refractivity contribution >= 4 is 11.6 Å². The molecule has 1 aliphatic heterocycles. The zero-order chi connectivity index (χ0) is 14.9. The number of nitro benzene ring substituents is 1. The minimum Gasteiger partial charge on any atom is -0.372 e. The Morgan fingerprint density at radius 2 is 1.95 bits per heavy atom. The summed E-state index contributed by atoms with van der Waals surface area (Å²) >= 11 is 0. The molecule has 0 spiro atoms. The highest BCUT2D eigenvalue weighted by atomic mass is 16.6. The van der Waals surface area contributed by atoms with Crippen LogP contribution in [0.3, 0.4) is 0 Å². The molecular weight excluding hydrogens is 260 g/mol. The van der Waals surface area contributed by atoms with Gasteiger partial charge in [-0.15, -0.1) is 0 Å². The predicted octanol–water partition coefficient (Wildman–Crippen LogP) is 2.15. The molecule has 1 heterocycles. The van der Waals surface area contributed by atoms with Crippen molar-refractivity contribution in [1.82, 2.24) is 4.90 Å². The number of morpholine rings is 1. The van der Waals surface area contributed by atoms with E-state index < -0.39 is 4.92 Å². The monoisotopic (exact) mass is 278 g/mol.